The fourth-order valence-electron chi connectivity index (χ4n) is 5.10. The van der Waals surface area contributed by atoms with Crippen LogP contribution in [0, 0.1) is 5.92 Å². The zero-order valence-corrected chi connectivity index (χ0v) is 21.1. The molecule has 6 rings (SSSR count). The molecule has 8 nitrogen and oxygen atoms in total. The van der Waals surface area contributed by atoms with Crippen molar-refractivity contribution in [3.05, 3.63) is 61.2 Å². The number of ether oxygens (including phenoxy) is 2. The lowest BCUT2D eigenvalue weighted by atomic mass is 9.92. The molecule has 2 fully saturated rings. The number of imidazole rings is 1. The second-order valence-electron chi connectivity index (χ2n) is 10.2. The molecule has 0 saturated heterocycles. The third kappa shape index (κ3) is 4.88. The smallest absolute Gasteiger partial charge is 0.411 e. The van der Waals surface area contributed by atoms with Crippen LogP contribution in [0.4, 0.5) is 16.2 Å². The summed E-state index contributed by atoms with van der Waals surface area (Å²) in [6, 6.07) is 14.4. The number of carbonyl (C=O) groups excluding carboxylic acids is 1. The van der Waals surface area contributed by atoms with E-state index < -0.39 is 6.09 Å². The zero-order chi connectivity index (χ0) is 25.4. The van der Waals surface area contributed by atoms with Crippen LogP contribution in [0.5, 0.6) is 5.75 Å². The van der Waals surface area contributed by atoms with Crippen molar-refractivity contribution in [3.8, 4) is 17.0 Å². The number of carbonyl (C=O) groups is 1. The minimum absolute atomic E-state index is 0.0444. The standard InChI is InChI=1S/C29H33N5O3/c1-19(20-5-6-20)37-29(35)32-22-9-7-21(8-10-22)28-27(30)25-12-11-24(36-16-15-33-14-13-31-18-33)17-26(25)34(28)23-3-2-4-23/h7-14,17-20,23H,2-6,15-16,30H2,1H3,(H,32,35). The molecule has 1 amide bonds. The van der Waals surface area contributed by atoms with Crippen molar-refractivity contribution >= 4 is 28.4 Å². The van der Waals surface area contributed by atoms with E-state index in [1.54, 1.807) is 12.5 Å². The van der Waals surface area contributed by atoms with E-state index in [1.807, 2.05) is 48.0 Å². The molecule has 1 atom stereocenters. The SMILES string of the molecule is CC(OC(=O)Nc1ccc(-c2c(N)c3ccc(OCCn4ccnc4)cc3n2C2CCC2)cc1)C1CC1. The fraction of sp³-hybridized carbons (Fsp3) is 0.379. The normalized spacial score (nSPS) is 16.4. The van der Waals surface area contributed by atoms with Gasteiger partial charge in [-0.3, -0.25) is 5.32 Å². The van der Waals surface area contributed by atoms with E-state index in [0.29, 0.717) is 24.3 Å². The number of fused-ring (bicyclic) bond motifs is 1. The second kappa shape index (κ2) is 9.84. The van der Waals surface area contributed by atoms with Crippen molar-refractivity contribution in [2.45, 2.75) is 57.7 Å². The third-order valence-corrected chi connectivity index (χ3v) is 7.62. The van der Waals surface area contributed by atoms with Crippen LogP contribution in [0.15, 0.2) is 61.2 Å². The van der Waals surface area contributed by atoms with Gasteiger partial charge >= 0.3 is 6.09 Å². The Balaban J connectivity index is 1.24. The number of aromatic nitrogens is 3. The summed E-state index contributed by atoms with van der Waals surface area (Å²) < 4.78 is 15.9. The Bertz CT molecular complexity index is 1390. The first-order valence-electron chi connectivity index (χ1n) is 13.2. The van der Waals surface area contributed by atoms with Crippen molar-refractivity contribution < 1.29 is 14.3 Å². The third-order valence-electron chi connectivity index (χ3n) is 7.62. The Labute approximate surface area is 216 Å². The van der Waals surface area contributed by atoms with Gasteiger partial charge in [-0.15, -0.1) is 0 Å². The monoisotopic (exact) mass is 499 g/mol. The average molecular weight is 500 g/mol. The maximum Gasteiger partial charge on any atom is 0.411 e. The van der Waals surface area contributed by atoms with Crippen LogP contribution >= 0.6 is 0 Å². The van der Waals surface area contributed by atoms with Gasteiger partial charge in [0.05, 0.1) is 29.8 Å². The number of nitrogen functional groups attached to an aromatic ring is 1. The Hall–Kier alpha value is -3.94. The van der Waals surface area contributed by atoms with E-state index in [9.17, 15) is 4.79 Å². The summed E-state index contributed by atoms with van der Waals surface area (Å²) in [6.45, 7) is 3.26. The van der Waals surface area contributed by atoms with Gasteiger partial charge in [0.25, 0.3) is 0 Å². The molecule has 2 aromatic carbocycles. The first kappa shape index (κ1) is 23.5. The molecule has 2 aromatic heterocycles. The highest BCUT2D eigenvalue weighted by molar-refractivity contribution is 6.01. The summed E-state index contributed by atoms with van der Waals surface area (Å²) in [4.78, 5) is 16.4. The van der Waals surface area contributed by atoms with E-state index in [1.165, 1.54) is 6.42 Å². The lowest BCUT2D eigenvalue weighted by Gasteiger charge is -2.30. The number of nitrogens with zero attached hydrogens (tertiary/aromatic N) is 3. The van der Waals surface area contributed by atoms with Crippen molar-refractivity contribution in [2.24, 2.45) is 5.92 Å². The van der Waals surface area contributed by atoms with Crippen LogP contribution < -0.4 is 15.8 Å². The van der Waals surface area contributed by atoms with E-state index in [4.69, 9.17) is 15.2 Å². The van der Waals surface area contributed by atoms with Gasteiger partial charge in [-0.25, -0.2) is 9.78 Å². The van der Waals surface area contributed by atoms with E-state index in [-0.39, 0.29) is 6.10 Å². The molecular formula is C29H33N5O3. The lowest BCUT2D eigenvalue weighted by Crippen LogP contribution is -2.21. The summed E-state index contributed by atoms with van der Waals surface area (Å²) in [5.74, 6) is 1.34. The molecule has 192 valence electrons. The predicted octanol–water partition coefficient (Wildman–Crippen LogP) is 6.24. The molecule has 37 heavy (non-hydrogen) atoms. The highest BCUT2D eigenvalue weighted by Gasteiger charge is 2.31. The Kier molecular flexibility index (Phi) is 6.24. The summed E-state index contributed by atoms with van der Waals surface area (Å²) in [5, 5.41) is 3.88. The number of rotatable bonds is 9. The van der Waals surface area contributed by atoms with Crippen molar-refractivity contribution in [3.63, 3.8) is 0 Å². The molecule has 2 saturated carbocycles. The highest BCUT2D eigenvalue weighted by atomic mass is 16.6. The van der Waals surface area contributed by atoms with Crippen molar-refractivity contribution in [1.82, 2.24) is 14.1 Å². The van der Waals surface area contributed by atoms with Crippen LogP contribution in [0.3, 0.4) is 0 Å². The Morgan fingerprint density at radius 3 is 2.65 bits per heavy atom. The highest BCUT2D eigenvalue weighted by Crippen LogP contribution is 2.45. The summed E-state index contributed by atoms with van der Waals surface area (Å²) in [7, 11) is 0. The lowest BCUT2D eigenvalue weighted by molar-refractivity contribution is 0.108. The molecule has 0 spiro atoms. The zero-order valence-electron chi connectivity index (χ0n) is 21.1. The number of nitrogens with one attached hydrogen (secondary N) is 1. The summed E-state index contributed by atoms with van der Waals surface area (Å²) in [5.41, 5.74) is 11.4. The largest absolute Gasteiger partial charge is 0.492 e. The van der Waals surface area contributed by atoms with Crippen LogP contribution in [0.1, 0.15) is 45.1 Å². The number of amides is 1. The number of hydrogen-bond donors (Lipinski definition) is 2. The molecule has 2 heterocycles. The molecule has 3 N–H and O–H groups in total. The van der Waals surface area contributed by atoms with E-state index in [0.717, 1.165) is 65.8 Å². The van der Waals surface area contributed by atoms with Crippen LogP contribution in [-0.2, 0) is 11.3 Å². The van der Waals surface area contributed by atoms with Gasteiger partial charge < -0.3 is 24.3 Å². The summed E-state index contributed by atoms with van der Waals surface area (Å²) in [6.07, 6.45) is 10.8. The molecule has 8 heteroatoms. The van der Waals surface area contributed by atoms with Gasteiger partial charge in [-0.05, 0) is 69.2 Å². The maximum atomic E-state index is 12.3. The molecule has 0 bridgehead atoms. The van der Waals surface area contributed by atoms with Crippen LogP contribution in [0.2, 0.25) is 0 Å². The minimum atomic E-state index is -0.407. The van der Waals surface area contributed by atoms with E-state index in [2.05, 4.69) is 27.0 Å². The molecule has 0 aliphatic heterocycles. The van der Waals surface area contributed by atoms with Gasteiger partial charge in [-0.2, -0.15) is 0 Å². The second-order valence-corrected chi connectivity index (χ2v) is 10.2. The van der Waals surface area contributed by atoms with Gasteiger partial charge in [-0.1, -0.05) is 12.1 Å². The van der Waals surface area contributed by atoms with Crippen molar-refractivity contribution in [1.29, 1.82) is 0 Å². The topological polar surface area (TPSA) is 96.3 Å². The number of benzene rings is 2. The Morgan fingerprint density at radius 1 is 1.16 bits per heavy atom. The van der Waals surface area contributed by atoms with Crippen LogP contribution in [-0.4, -0.2) is 32.9 Å². The van der Waals surface area contributed by atoms with Crippen molar-refractivity contribution in [2.75, 3.05) is 17.7 Å². The van der Waals surface area contributed by atoms with Gasteiger partial charge in [0.1, 0.15) is 18.5 Å². The van der Waals surface area contributed by atoms with Gasteiger partial charge in [0.2, 0.25) is 0 Å². The molecule has 0 radical (unpaired) electrons. The molecule has 2 aliphatic rings. The molecule has 2 aliphatic carbocycles. The first-order valence-corrected chi connectivity index (χ1v) is 13.2. The maximum absolute atomic E-state index is 12.3. The average Bonchev–Trinajstić information content (AvgIpc) is 3.52. The molecule has 4 aromatic rings. The Morgan fingerprint density at radius 2 is 1.97 bits per heavy atom. The summed E-state index contributed by atoms with van der Waals surface area (Å²) >= 11 is 0. The number of hydrogen-bond acceptors (Lipinski definition) is 5. The molecule has 1 unspecified atom stereocenters. The van der Waals surface area contributed by atoms with Gasteiger partial charge in [0, 0.05) is 41.1 Å². The fourth-order valence-corrected chi connectivity index (χ4v) is 5.10. The van der Waals surface area contributed by atoms with Crippen LogP contribution in [0.25, 0.3) is 22.2 Å². The minimum Gasteiger partial charge on any atom is -0.492 e. The quantitative estimate of drug-likeness (QED) is 0.284. The number of nitrogens with two attached hydrogens (primary N) is 1. The van der Waals surface area contributed by atoms with E-state index >= 15 is 0 Å². The van der Waals surface area contributed by atoms with Gasteiger partial charge in [0.15, 0.2) is 0 Å². The predicted molar refractivity (Wildman–Crippen MR) is 145 cm³/mol. The first-order chi connectivity index (χ1) is 18.1. The number of anilines is 2. The molecular weight excluding hydrogens is 466 g/mol.